The molecule has 0 bridgehead atoms. The van der Waals surface area contributed by atoms with Crippen molar-refractivity contribution in [3.8, 4) is 0 Å². The molecule has 0 saturated heterocycles. The van der Waals surface area contributed by atoms with Gasteiger partial charge in [0.15, 0.2) is 0 Å². The number of alkyl halides is 1. The largest absolute Gasteiger partial charge is 0.247 e. The number of benzene rings is 1. The third-order valence-corrected chi connectivity index (χ3v) is 5.83. The second kappa shape index (κ2) is 6.28. The molecule has 1 fully saturated rings. The molecule has 3 rings (SSSR count). The lowest BCUT2D eigenvalue weighted by atomic mass is 9.76. The molecule has 3 heteroatoms. The predicted molar refractivity (Wildman–Crippen MR) is 86.7 cm³/mol. The van der Waals surface area contributed by atoms with E-state index in [9.17, 15) is 0 Å². The Kier molecular flexibility index (Phi) is 4.42. The topological polar surface area (TPSA) is 12.9 Å². The quantitative estimate of drug-likeness (QED) is 0.712. The Morgan fingerprint density at radius 3 is 2.75 bits per heavy atom. The van der Waals surface area contributed by atoms with Crippen molar-refractivity contribution in [3.05, 3.63) is 52.0 Å². The fourth-order valence-corrected chi connectivity index (χ4v) is 4.37. The first-order valence-corrected chi connectivity index (χ1v) is 8.64. The van der Waals surface area contributed by atoms with Crippen LogP contribution in [0.2, 0.25) is 0 Å². The van der Waals surface area contributed by atoms with Gasteiger partial charge in [0.1, 0.15) is 0 Å². The van der Waals surface area contributed by atoms with Crippen molar-refractivity contribution < 1.29 is 0 Å². The Labute approximate surface area is 130 Å². The van der Waals surface area contributed by atoms with Gasteiger partial charge in [0, 0.05) is 22.9 Å². The van der Waals surface area contributed by atoms with Gasteiger partial charge in [0.25, 0.3) is 0 Å². The summed E-state index contributed by atoms with van der Waals surface area (Å²) in [5.41, 5.74) is 2.60. The number of hydrogen-bond acceptors (Lipinski definition) is 2. The van der Waals surface area contributed by atoms with Crippen LogP contribution in [0.15, 0.2) is 35.7 Å². The molecule has 1 heterocycles. The highest BCUT2D eigenvalue weighted by atomic mass is 35.5. The van der Waals surface area contributed by atoms with E-state index in [4.69, 9.17) is 11.6 Å². The van der Waals surface area contributed by atoms with Gasteiger partial charge in [-0.25, -0.2) is 4.98 Å². The molecule has 106 valence electrons. The standard InChI is InChI=1S/C17H20ClNS/c1-12-11-20-17(19-12)10-15-9-14(7-8-16(15)18)13-5-3-2-4-6-13/h2-6,11,14-16H,7-10H2,1H3. The summed E-state index contributed by atoms with van der Waals surface area (Å²) in [6, 6.07) is 10.9. The third kappa shape index (κ3) is 3.24. The number of halogens is 1. The van der Waals surface area contributed by atoms with E-state index in [-0.39, 0.29) is 0 Å². The molecule has 0 amide bonds. The van der Waals surface area contributed by atoms with E-state index in [1.165, 1.54) is 23.4 Å². The summed E-state index contributed by atoms with van der Waals surface area (Å²) in [6.45, 7) is 2.06. The van der Waals surface area contributed by atoms with Crippen LogP contribution >= 0.6 is 22.9 Å². The lowest BCUT2D eigenvalue weighted by molar-refractivity contribution is 0.326. The molecule has 2 aromatic rings. The van der Waals surface area contributed by atoms with Crippen LogP contribution in [-0.4, -0.2) is 10.4 Å². The zero-order valence-corrected chi connectivity index (χ0v) is 13.3. The molecule has 0 radical (unpaired) electrons. The third-order valence-electron chi connectivity index (χ3n) is 4.26. The molecular formula is C17H20ClNS. The highest BCUT2D eigenvalue weighted by Gasteiger charge is 2.30. The van der Waals surface area contributed by atoms with Crippen molar-refractivity contribution in [2.24, 2.45) is 5.92 Å². The SMILES string of the molecule is Cc1csc(CC2CC(c3ccccc3)CCC2Cl)n1. The molecule has 0 spiro atoms. The van der Waals surface area contributed by atoms with Crippen LogP contribution in [-0.2, 0) is 6.42 Å². The molecule has 1 nitrogen and oxygen atoms in total. The first-order chi connectivity index (χ1) is 9.72. The molecule has 0 aliphatic heterocycles. The van der Waals surface area contributed by atoms with Crippen molar-refractivity contribution in [3.63, 3.8) is 0 Å². The lowest BCUT2D eigenvalue weighted by Gasteiger charge is -2.33. The molecule has 3 unspecified atom stereocenters. The Morgan fingerprint density at radius 2 is 2.05 bits per heavy atom. The normalized spacial score (nSPS) is 26.6. The molecule has 3 atom stereocenters. The Morgan fingerprint density at radius 1 is 1.25 bits per heavy atom. The van der Waals surface area contributed by atoms with E-state index < -0.39 is 0 Å². The minimum absolute atomic E-state index is 0.305. The number of rotatable bonds is 3. The number of aryl methyl sites for hydroxylation is 1. The Hall–Kier alpha value is -0.860. The lowest BCUT2D eigenvalue weighted by Crippen LogP contribution is -2.26. The Balaban J connectivity index is 1.70. The monoisotopic (exact) mass is 305 g/mol. The van der Waals surface area contributed by atoms with Gasteiger partial charge in [-0.1, -0.05) is 30.3 Å². The maximum atomic E-state index is 6.57. The van der Waals surface area contributed by atoms with Crippen LogP contribution in [0, 0.1) is 12.8 Å². The summed E-state index contributed by atoms with van der Waals surface area (Å²) >= 11 is 8.34. The molecule has 1 aromatic heterocycles. The molecule has 1 aliphatic rings. The van der Waals surface area contributed by atoms with Gasteiger partial charge in [-0.15, -0.1) is 22.9 Å². The molecular weight excluding hydrogens is 286 g/mol. The summed E-state index contributed by atoms with van der Waals surface area (Å²) in [7, 11) is 0. The average Bonchev–Trinajstić information content (AvgIpc) is 2.88. The molecule has 20 heavy (non-hydrogen) atoms. The van der Waals surface area contributed by atoms with Gasteiger partial charge in [-0.3, -0.25) is 0 Å². The van der Waals surface area contributed by atoms with Crippen molar-refractivity contribution in [2.75, 3.05) is 0 Å². The van der Waals surface area contributed by atoms with Crippen LogP contribution in [0.25, 0.3) is 0 Å². The molecule has 1 saturated carbocycles. The number of thiazole rings is 1. The van der Waals surface area contributed by atoms with E-state index in [1.807, 2.05) is 0 Å². The van der Waals surface area contributed by atoms with Gasteiger partial charge < -0.3 is 0 Å². The summed E-state index contributed by atoms with van der Waals surface area (Å²) in [6.07, 6.45) is 4.56. The number of nitrogens with zero attached hydrogens (tertiary/aromatic N) is 1. The molecule has 1 aromatic carbocycles. The number of hydrogen-bond donors (Lipinski definition) is 0. The van der Waals surface area contributed by atoms with Gasteiger partial charge >= 0.3 is 0 Å². The number of aromatic nitrogens is 1. The van der Waals surface area contributed by atoms with E-state index in [0.717, 1.165) is 18.5 Å². The molecule has 1 aliphatic carbocycles. The Bertz CT molecular complexity index is 551. The summed E-state index contributed by atoms with van der Waals surface area (Å²) in [5, 5.41) is 3.68. The van der Waals surface area contributed by atoms with Crippen molar-refractivity contribution in [1.29, 1.82) is 0 Å². The maximum absolute atomic E-state index is 6.57. The summed E-state index contributed by atoms with van der Waals surface area (Å²) in [4.78, 5) is 4.60. The summed E-state index contributed by atoms with van der Waals surface area (Å²) < 4.78 is 0. The summed E-state index contributed by atoms with van der Waals surface area (Å²) in [5.74, 6) is 1.22. The van der Waals surface area contributed by atoms with Crippen LogP contribution in [0.4, 0.5) is 0 Å². The predicted octanol–water partition coefficient (Wildman–Crippen LogP) is 5.19. The van der Waals surface area contributed by atoms with Crippen molar-refractivity contribution >= 4 is 22.9 Å². The van der Waals surface area contributed by atoms with E-state index in [2.05, 4.69) is 47.6 Å². The average molecular weight is 306 g/mol. The van der Waals surface area contributed by atoms with Crippen molar-refractivity contribution in [1.82, 2.24) is 4.98 Å². The van der Waals surface area contributed by atoms with Crippen LogP contribution in [0.1, 0.15) is 41.4 Å². The maximum Gasteiger partial charge on any atom is 0.0931 e. The fraction of sp³-hybridized carbons (Fsp3) is 0.471. The zero-order chi connectivity index (χ0) is 13.9. The first kappa shape index (κ1) is 14.1. The van der Waals surface area contributed by atoms with Crippen LogP contribution < -0.4 is 0 Å². The van der Waals surface area contributed by atoms with E-state index in [1.54, 1.807) is 11.3 Å². The second-order valence-electron chi connectivity index (χ2n) is 5.78. The van der Waals surface area contributed by atoms with Gasteiger partial charge in [0.05, 0.1) is 5.01 Å². The minimum atomic E-state index is 0.305. The van der Waals surface area contributed by atoms with E-state index in [0.29, 0.717) is 17.2 Å². The van der Waals surface area contributed by atoms with Crippen LogP contribution in [0.5, 0.6) is 0 Å². The smallest absolute Gasteiger partial charge is 0.0931 e. The molecule has 0 N–H and O–H groups in total. The van der Waals surface area contributed by atoms with Gasteiger partial charge in [-0.2, -0.15) is 0 Å². The highest BCUT2D eigenvalue weighted by Crippen LogP contribution is 2.40. The zero-order valence-electron chi connectivity index (χ0n) is 11.8. The van der Waals surface area contributed by atoms with E-state index >= 15 is 0 Å². The minimum Gasteiger partial charge on any atom is -0.247 e. The highest BCUT2D eigenvalue weighted by molar-refractivity contribution is 7.09. The fourth-order valence-electron chi connectivity index (χ4n) is 3.19. The first-order valence-electron chi connectivity index (χ1n) is 7.32. The van der Waals surface area contributed by atoms with Crippen LogP contribution in [0.3, 0.4) is 0 Å². The van der Waals surface area contributed by atoms with Gasteiger partial charge in [0.2, 0.25) is 0 Å². The van der Waals surface area contributed by atoms with Gasteiger partial charge in [-0.05, 0) is 43.6 Å². The second-order valence-corrected chi connectivity index (χ2v) is 7.29. The van der Waals surface area contributed by atoms with Crippen molar-refractivity contribution in [2.45, 2.75) is 43.9 Å².